The number of hydrogen-bond acceptors (Lipinski definition) is 6. The first-order chi connectivity index (χ1) is 13.7. The molecule has 0 N–H and O–H groups in total. The Kier molecular flexibility index (Phi) is 5.63. The molecule has 3 aromatic rings. The minimum absolute atomic E-state index is 0.128. The molecule has 0 atom stereocenters. The highest BCUT2D eigenvalue weighted by atomic mass is 32.2. The Morgan fingerprint density at radius 1 is 1.11 bits per heavy atom. The molecule has 3 heterocycles. The summed E-state index contributed by atoms with van der Waals surface area (Å²) < 4.78 is 5.07. The number of aromatic nitrogens is 6. The molecule has 2 aromatic heterocycles. The Balaban J connectivity index is 1.59. The summed E-state index contributed by atoms with van der Waals surface area (Å²) >= 11 is 1.60. The van der Waals surface area contributed by atoms with Crippen molar-refractivity contribution in [2.75, 3.05) is 25.4 Å². The van der Waals surface area contributed by atoms with Gasteiger partial charge in [-0.1, -0.05) is 36.4 Å². The van der Waals surface area contributed by atoms with Crippen molar-refractivity contribution in [3.05, 3.63) is 46.4 Å². The van der Waals surface area contributed by atoms with Gasteiger partial charge in [-0.2, -0.15) is 4.68 Å². The maximum absolute atomic E-state index is 13.2. The normalized spacial score (nSPS) is 15.2. The molecule has 28 heavy (non-hydrogen) atoms. The molecule has 1 saturated heterocycles. The van der Waals surface area contributed by atoms with E-state index in [9.17, 15) is 4.79 Å². The second-order valence-corrected chi connectivity index (χ2v) is 8.10. The lowest BCUT2D eigenvalue weighted by molar-refractivity contribution is 0.242. The van der Waals surface area contributed by atoms with E-state index in [1.165, 1.54) is 32.4 Å². The van der Waals surface area contributed by atoms with Crippen LogP contribution >= 0.6 is 11.8 Å². The molecule has 0 amide bonds. The molecule has 8 nitrogen and oxygen atoms in total. The van der Waals surface area contributed by atoms with Crippen LogP contribution in [0.25, 0.3) is 11.4 Å². The van der Waals surface area contributed by atoms with Gasteiger partial charge in [-0.25, -0.2) is 4.68 Å². The van der Waals surface area contributed by atoms with Crippen LogP contribution in [0.5, 0.6) is 0 Å². The molecule has 0 bridgehead atoms. The summed E-state index contributed by atoms with van der Waals surface area (Å²) in [5.41, 5.74) is 2.00. The van der Waals surface area contributed by atoms with Crippen LogP contribution in [0.2, 0.25) is 0 Å². The number of piperidine rings is 1. The number of hydrogen-bond donors (Lipinski definition) is 0. The molecule has 1 aliphatic heterocycles. The maximum atomic E-state index is 13.2. The van der Waals surface area contributed by atoms with Gasteiger partial charge in [-0.05, 0) is 55.4 Å². The molecule has 0 spiro atoms. The van der Waals surface area contributed by atoms with E-state index >= 15 is 0 Å². The van der Waals surface area contributed by atoms with Crippen molar-refractivity contribution in [1.29, 1.82) is 0 Å². The molecule has 148 valence electrons. The second-order valence-electron chi connectivity index (χ2n) is 7.03. The lowest BCUT2D eigenvalue weighted by Gasteiger charge is -2.25. The summed E-state index contributed by atoms with van der Waals surface area (Å²) in [6, 6.07) is 9.60. The van der Waals surface area contributed by atoms with E-state index in [0.717, 1.165) is 23.7 Å². The zero-order valence-electron chi connectivity index (χ0n) is 16.3. The molecular weight excluding hydrogens is 374 g/mol. The van der Waals surface area contributed by atoms with Crippen molar-refractivity contribution >= 4 is 11.8 Å². The standard InChI is InChI=1S/C19H25N7OS/c1-15-17(18(27)26(23(15)2)16-9-5-3-6-10-16)25-19(20-21-22-25)28-14-13-24-11-7-4-8-12-24/h3,5-6,9-10H,4,7-8,11-14H2,1-2H3. The van der Waals surface area contributed by atoms with Gasteiger partial charge in [-0.3, -0.25) is 9.48 Å². The van der Waals surface area contributed by atoms with Crippen molar-refractivity contribution < 1.29 is 0 Å². The van der Waals surface area contributed by atoms with Crippen LogP contribution in [0.3, 0.4) is 0 Å². The number of likely N-dealkylation sites (tertiary alicyclic amines) is 1. The summed E-state index contributed by atoms with van der Waals surface area (Å²) in [7, 11) is 1.88. The lowest BCUT2D eigenvalue weighted by atomic mass is 10.1. The molecule has 1 aromatic carbocycles. The van der Waals surface area contributed by atoms with E-state index in [0.29, 0.717) is 10.8 Å². The van der Waals surface area contributed by atoms with E-state index in [1.54, 1.807) is 21.1 Å². The fourth-order valence-corrected chi connectivity index (χ4v) is 4.53. The van der Waals surface area contributed by atoms with Gasteiger partial charge in [0, 0.05) is 19.3 Å². The summed E-state index contributed by atoms with van der Waals surface area (Å²) in [6.45, 7) is 5.27. The zero-order valence-corrected chi connectivity index (χ0v) is 17.1. The van der Waals surface area contributed by atoms with Gasteiger partial charge in [-0.15, -0.1) is 5.10 Å². The third kappa shape index (κ3) is 3.64. The fourth-order valence-electron chi connectivity index (χ4n) is 3.66. The zero-order chi connectivity index (χ0) is 19.5. The van der Waals surface area contributed by atoms with Gasteiger partial charge in [0.25, 0.3) is 5.56 Å². The third-order valence-electron chi connectivity index (χ3n) is 5.26. The fraction of sp³-hybridized carbons (Fsp3) is 0.474. The Bertz CT molecular complexity index is 986. The average Bonchev–Trinajstić information content (AvgIpc) is 3.26. The number of benzene rings is 1. The molecule has 4 rings (SSSR count). The van der Waals surface area contributed by atoms with E-state index in [1.807, 2.05) is 49.0 Å². The minimum atomic E-state index is -0.128. The van der Waals surface area contributed by atoms with Crippen molar-refractivity contribution in [1.82, 2.24) is 34.5 Å². The van der Waals surface area contributed by atoms with Crippen LogP contribution in [-0.4, -0.2) is 59.9 Å². The summed E-state index contributed by atoms with van der Waals surface area (Å²) in [5.74, 6) is 0.902. The van der Waals surface area contributed by atoms with Crippen molar-refractivity contribution in [2.24, 2.45) is 7.05 Å². The molecule has 0 saturated carbocycles. The first kappa shape index (κ1) is 18.9. The molecule has 0 unspecified atom stereocenters. The molecule has 1 fully saturated rings. The van der Waals surface area contributed by atoms with E-state index in [2.05, 4.69) is 20.4 Å². The van der Waals surface area contributed by atoms with Crippen LogP contribution in [-0.2, 0) is 7.05 Å². The van der Waals surface area contributed by atoms with Gasteiger partial charge in [0.05, 0.1) is 11.4 Å². The smallest absolute Gasteiger partial charge is 0.297 e. The number of rotatable bonds is 6. The number of para-hydroxylation sites is 1. The van der Waals surface area contributed by atoms with Crippen molar-refractivity contribution in [3.63, 3.8) is 0 Å². The van der Waals surface area contributed by atoms with E-state index in [-0.39, 0.29) is 5.56 Å². The van der Waals surface area contributed by atoms with Crippen LogP contribution in [0.1, 0.15) is 25.0 Å². The van der Waals surface area contributed by atoms with Gasteiger partial charge in [0.2, 0.25) is 5.16 Å². The monoisotopic (exact) mass is 399 g/mol. The van der Waals surface area contributed by atoms with E-state index < -0.39 is 0 Å². The molecule has 0 aliphatic carbocycles. The van der Waals surface area contributed by atoms with Gasteiger partial charge in [0.1, 0.15) is 0 Å². The number of tetrazole rings is 1. The Morgan fingerprint density at radius 2 is 1.86 bits per heavy atom. The lowest BCUT2D eigenvalue weighted by Crippen LogP contribution is -2.31. The SMILES string of the molecule is Cc1c(-n2nnnc2SCCN2CCCCC2)c(=O)n(-c2ccccc2)n1C. The molecule has 9 heteroatoms. The van der Waals surface area contributed by atoms with Gasteiger partial charge >= 0.3 is 0 Å². The van der Waals surface area contributed by atoms with Gasteiger partial charge < -0.3 is 4.90 Å². The largest absolute Gasteiger partial charge is 0.303 e. The van der Waals surface area contributed by atoms with Crippen LogP contribution in [0.15, 0.2) is 40.3 Å². The number of nitrogens with zero attached hydrogens (tertiary/aromatic N) is 7. The third-order valence-corrected chi connectivity index (χ3v) is 6.16. The summed E-state index contributed by atoms with van der Waals surface area (Å²) in [4.78, 5) is 15.7. The van der Waals surface area contributed by atoms with Crippen molar-refractivity contribution in [2.45, 2.75) is 31.3 Å². The minimum Gasteiger partial charge on any atom is -0.303 e. The Morgan fingerprint density at radius 3 is 2.61 bits per heavy atom. The average molecular weight is 400 g/mol. The van der Waals surface area contributed by atoms with Crippen LogP contribution < -0.4 is 5.56 Å². The highest BCUT2D eigenvalue weighted by Crippen LogP contribution is 2.20. The Hall–Kier alpha value is -2.39. The first-order valence-electron chi connectivity index (χ1n) is 9.65. The van der Waals surface area contributed by atoms with Crippen LogP contribution in [0, 0.1) is 6.92 Å². The predicted octanol–water partition coefficient (Wildman–Crippen LogP) is 2.04. The topological polar surface area (TPSA) is 73.8 Å². The maximum Gasteiger partial charge on any atom is 0.297 e. The van der Waals surface area contributed by atoms with Crippen LogP contribution in [0.4, 0.5) is 0 Å². The quantitative estimate of drug-likeness (QED) is 0.591. The Labute approximate surface area is 168 Å². The highest BCUT2D eigenvalue weighted by Gasteiger charge is 2.22. The van der Waals surface area contributed by atoms with E-state index in [4.69, 9.17) is 0 Å². The molecule has 0 radical (unpaired) electrons. The van der Waals surface area contributed by atoms with Gasteiger partial charge in [0.15, 0.2) is 5.69 Å². The molecular formula is C19H25N7OS. The molecule has 1 aliphatic rings. The first-order valence-corrected chi connectivity index (χ1v) is 10.6. The summed E-state index contributed by atoms with van der Waals surface area (Å²) in [6.07, 6.45) is 3.90. The predicted molar refractivity (Wildman–Crippen MR) is 109 cm³/mol. The number of thioether (sulfide) groups is 1. The summed E-state index contributed by atoms with van der Waals surface area (Å²) in [5, 5.41) is 12.8. The highest BCUT2D eigenvalue weighted by molar-refractivity contribution is 7.99. The van der Waals surface area contributed by atoms with Crippen molar-refractivity contribution in [3.8, 4) is 11.4 Å². The second kappa shape index (κ2) is 8.32.